The Morgan fingerprint density at radius 2 is 1.92 bits per heavy atom. The molecule has 0 aromatic heterocycles. The van der Waals surface area contributed by atoms with Crippen LogP contribution in [0.4, 0.5) is 0 Å². The van der Waals surface area contributed by atoms with E-state index in [9.17, 15) is 4.79 Å². The first-order valence-corrected chi connectivity index (χ1v) is 12.6. The van der Waals surface area contributed by atoms with Crippen LogP contribution in [0.15, 0.2) is 0 Å². The summed E-state index contributed by atoms with van der Waals surface area (Å²) in [5.41, 5.74) is 0.225. The summed E-state index contributed by atoms with van der Waals surface area (Å²) in [6.07, 6.45) is 2.91. The molecule has 1 rings (SSSR count). The van der Waals surface area contributed by atoms with Crippen molar-refractivity contribution in [2.24, 2.45) is 5.92 Å². The first kappa shape index (κ1) is 21.6. The van der Waals surface area contributed by atoms with Gasteiger partial charge in [-0.05, 0) is 38.7 Å². The second-order valence-corrected chi connectivity index (χ2v) is 14.1. The van der Waals surface area contributed by atoms with E-state index in [2.05, 4.69) is 40.4 Å². The fraction of sp³-hybridized carbons (Fsp3) is 0.944. The lowest BCUT2D eigenvalue weighted by molar-refractivity contribution is -0.186. The van der Waals surface area contributed by atoms with Crippen LogP contribution in [-0.4, -0.2) is 52.9 Å². The predicted molar refractivity (Wildman–Crippen MR) is 97.9 cm³/mol. The van der Waals surface area contributed by atoms with Crippen molar-refractivity contribution in [3.05, 3.63) is 0 Å². The fourth-order valence-corrected chi connectivity index (χ4v) is 4.32. The summed E-state index contributed by atoms with van der Waals surface area (Å²) in [5.74, 6) is 0.0926. The summed E-state index contributed by atoms with van der Waals surface area (Å²) in [4.78, 5) is 11.9. The zero-order valence-corrected chi connectivity index (χ0v) is 17.5. The first-order valence-electron chi connectivity index (χ1n) is 8.99. The number of rotatable bonds is 12. The van der Waals surface area contributed by atoms with Crippen molar-refractivity contribution in [3.8, 4) is 0 Å². The van der Waals surface area contributed by atoms with E-state index < -0.39 is 8.07 Å². The van der Waals surface area contributed by atoms with E-state index in [0.29, 0.717) is 18.8 Å². The number of carbonyl (C=O) groups is 1. The van der Waals surface area contributed by atoms with Gasteiger partial charge in [0.05, 0.1) is 24.7 Å². The third kappa shape index (κ3) is 6.82. The molecule has 1 heterocycles. The van der Waals surface area contributed by atoms with E-state index in [1.54, 1.807) is 7.11 Å². The molecule has 0 amide bonds. The van der Waals surface area contributed by atoms with Crippen molar-refractivity contribution in [2.75, 3.05) is 27.1 Å². The maximum Gasteiger partial charge on any atom is 0.312 e. The Labute approximate surface area is 148 Å². The number of hydrogen-bond donors (Lipinski definition) is 0. The lowest BCUT2D eigenvalue weighted by Crippen LogP contribution is -2.51. The highest BCUT2D eigenvalue weighted by Crippen LogP contribution is 2.41. The highest BCUT2D eigenvalue weighted by molar-refractivity contribution is 6.77. The third-order valence-electron chi connectivity index (χ3n) is 5.08. The number of methoxy groups -OCH3 is 1. The second-order valence-electron chi connectivity index (χ2n) is 8.47. The Morgan fingerprint density at radius 1 is 1.25 bits per heavy atom. The zero-order chi connectivity index (χ0) is 18.4. The van der Waals surface area contributed by atoms with E-state index in [1.165, 1.54) is 0 Å². The minimum atomic E-state index is -1.33. The van der Waals surface area contributed by atoms with Crippen LogP contribution in [0, 0.1) is 5.92 Å². The van der Waals surface area contributed by atoms with Gasteiger partial charge in [0.2, 0.25) is 0 Å². The monoisotopic (exact) mass is 360 g/mol. The number of esters is 1. The SMILES string of the molecule is COCCOCOC(C)(C)CCC[C@H]1OC(=O)[C@H]1[C@@H](C)[Si](C)(C)C. The fourth-order valence-electron chi connectivity index (χ4n) is 2.89. The Bertz CT molecular complexity index is 391. The van der Waals surface area contributed by atoms with Crippen molar-refractivity contribution in [1.82, 2.24) is 0 Å². The summed E-state index contributed by atoms with van der Waals surface area (Å²) in [6, 6.07) is 0. The molecule has 0 unspecified atom stereocenters. The first-order chi connectivity index (χ1) is 11.1. The van der Waals surface area contributed by atoms with Gasteiger partial charge in [-0.2, -0.15) is 0 Å². The van der Waals surface area contributed by atoms with Crippen molar-refractivity contribution in [2.45, 2.75) is 76.9 Å². The molecule has 1 saturated heterocycles. The predicted octanol–water partition coefficient (Wildman–Crippen LogP) is 3.84. The van der Waals surface area contributed by atoms with Gasteiger partial charge >= 0.3 is 5.97 Å². The van der Waals surface area contributed by atoms with Crippen molar-refractivity contribution >= 4 is 14.0 Å². The third-order valence-corrected chi connectivity index (χ3v) is 8.17. The molecule has 1 fully saturated rings. The van der Waals surface area contributed by atoms with Crippen molar-refractivity contribution in [3.63, 3.8) is 0 Å². The van der Waals surface area contributed by atoms with Gasteiger partial charge in [0.1, 0.15) is 12.9 Å². The van der Waals surface area contributed by atoms with Gasteiger partial charge in [0, 0.05) is 15.2 Å². The van der Waals surface area contributed by atoms with Gasteiger partial charge in [-0.3, -0.25) is 4.79 Å². The molecule has 5 nitrogen and oxygen atoms in total. The van der Waals surface area contributed by atoms with Crippen LogP contribution in [0.25, 0.3) is 0 Å². The maximum absolute atomic E-state index is 11.9. The molecular formula is C18H36O5Si. The number of cyclic esters (lactones) is 1. The summed E-state index contributed by atoms with van der Waals surface area (Å²) in [6.45, 7) is 14.7. The van der Waals surface area contributed by atoms with Gasteiger partial charge in [-0.25, -0.2) is 0 Å². The van der Waals surface area contributed by atoms with Crippen LogP contribution < -0.4 is 0 Å². The Morgan fingerprint density at radius 3 is 2.46 bits per heavy atom. The molecule has 0 spiro atoms. The molecule has 0 bridgehead atoms. The number of carbonyl (C=O) groups excluding carboxylic acids is 1. The molecule has 6 heteroatoms. The van der Waals surface area contributed by atoms with Crippen LogP contribution in [0.5, 0.6) is 0 Å². The smallest absolute Gasteiger partial charge is 0.312 e. The Balaban J connectivity index is 2.29. The summed E-state index contributed by atoms with van der Waals surface area (Å²) in [7, 11) is 0.317. The topological polar surface area (TPSA) is 54.0 Å². The summed E-state index contributed by atoms with van der Waals surface area (Å²) >= 11 is 0. The molecule has 0 aliphatic carbocycles. The van der Waals surface area contributed by atoms with E-state index in [1.807, 2.05) is 0 Å². The van der Waals surface area contributed by atoms with E-state index >= 15 is 0 Å². The average Bonchev–Trinajstić information content (AvgIpc) is 2.44. The molecule has 24 heavy (non-hydrogen) atoms. The molecule has 0 N–H and O–H groups in total. The van der Waals surface area contributed by atoms with Gasteiger partial charge in [-0.1, -0.05) is 26.6 Å². The van der Waals surface area contributed by atoms with Crippen LogP contribution >= 0.6 is 0 Å². The molecule has 0 radical (unpaired) electrons. The van der Waals surface area contributed by atoms with Crippen LogP contribution in [-0.2, 0) is 23.7 Å². The maximum atomic E-state index is 11.9. The van der Waals surface area contributed by atoms with Crippen molar-refractivity contribution < 1.29 is 23.7 Å². The van der Waals surface area contributed by atoms with Gasteiger partial charge in [0.25, 0.3) is 0 Å². The minimum absolute atomic E-state index is 0.00280. The lowest BCUT2D eigenvalue weighted by atomic mass is 9.88. The normalized spacial score (nSPS) is 22.9. The second kappa shape index (κ2) is 9.32. The molecule has 1 aliphatic rings. The van der Waals surface area contributed by atoms with Gasteiger partial charge in [0.15, 0.2) is 0 Å². The average molecular weight is 361 g/mol. The van der Waals surface area contributed by atoms with E-state index in [4.69, 9.17) is 18.9 Å². The van der Waals surface area contributed by atoms with Crippen LogP contribution in [0.1, 0.15) is 40.0 Å². The Kier molecular flexibility index (Phi) is 8.39. The quantitative estimate of drug-likeness (QED) is 0.229. The van der Waals surface area contributed by atoms with Crippen molar-refractivity contribution in [1.29, 1.82) is 0 Å². The summed E-state index contributed by atoms with van der Waals surface area (Å²) < 4.78 is 21.5. The molecule has 0 aromatic carbocycles. The number of hydrogen-bond acceptors (Lipinski definition) is 5. The van der Waals surface area contributed by atoms with Gasteiger partial charge < -0.3 is 18.9 Å². The molecule has 142 valence electrons. The molecule has 0 saturated carbocycles. The molecule has 3 atom stereocenters. The molecule has 1 aliphatic heterocycles. The minimum Gasteiger partial charge on any atom is -0.461 e. The molecular weight excluding hydrogens is 324 g/mol. The van der Waals surface area contributed by atoms with Crippen LogP contribution in [0.3, 0.4) is 0 Å². The lowest BCUT2D eigenvalue weighted by Gasteiger charge is -2.43. The zero-order valence-electron chi connectivity index (χ0n) is 16.5. The van der Waals surface area contributed by atoms with Crippen LogP contribution in [0.2, 0.25) is 25.2 Å². The largest absolute Gasteiger partial charge is 0.461 e. The summed E-state index contributed by atoms with van der Waals surface area (Å²) in [5, 5.41) is 0. The highest BCUT2D eigenvalue weighted by Gasteiger charge is 2.48. The standard InChI is InChI=1S/C18H36O5Si/c1-14(24(5,6)7)16-15(23-17(16)19)9-8-10-18(2,3)22-13-21-12-11-20-4/h14-16H,8-13H2,1-7H3/t14-,15-,16+/m1/s1. The highest BCUT2D eigenvalue weighted by atomic mass is 28.3. The van der Waals surface area contributed by atoms with Gasteiger partial charge in [-0.15, -0.1) is 0 Å². The van der Waals surface area contributed by atoms with E-state index in [0.717, 1.165) is 19.3 Å². The number of ether oxygens (including phenoxy) is 4. The van der Waals surface area contributed by atoms with E-state index in [-0.39, 0.29) is 30.4 Å². The molecule has 0 aromatic rings. The Hall–Kier alpha value is -0.433.